The van der Waals surface area contributed by atoms with Crippen LogP contribution in [0.4, 0.5) is 0 Å². The van der Waals surface area contributed by atoms with E-state index in [1.807, 2.05) is 0 Å². The van der Waals surface area contributed by atoms with Crippen LogP contribution in [-0.2, 0) is 9.53 Å². The molecule has 2 fully saturated rings. The Morgan fingerprint density at radius 2 is 2.08 bits per heavy atom. The Balaban J connectivity index is 2.11. The molecule has 0 radical (unpaired) electrons. The van der Waals surface area contributed by atoms with Crippen LogP contribution < -0.4 is 0 Å². The molecule has 1 saturated carbocycles. The summed E-state index contributed by atoms with van der Waals surface area (Å²) in [5, 5.41) is 0. The molecule has 1 saturated heterocycles. The minimum Gasteiger partial charge on any atom is -0.366 e. The Hall–Kier alpha value is -0.370. The number of ketones is 1. The first-order valence-corrected chi connectivity index (χ1v) is 5.03. The molecule has 2 aliphatic rings. The number of carbonyl (C=O) groups is 1. The molecular weight excluding hydrogens is 164 g/mol. The van der Waals surface area contributed by atoms with Gasteiger partial charge in [0, 0.05) is 6.42 Å². The molecule has 3 atom stereocenters. The zero-order valence-corrected chi connectivity index (χ0v) is 8.89. The van der Waals surface area contributed by atoms with E-state index < -0.39 is 0 Å². The second-order valence-corrected chi connectivity index (χ2v) is 5.44. The highest BCUT2D eigenvalue weighted by Crippen LogP contribution is 2.62. The maximum atomic E-state index is 11.1. The lowest BCUT2D eigenvalue weighted by Gasteiger charge is -2.28. The molecule has 2 nitrogen and oxygen atoms in total. The Morgan fingerprint density at radius 1 is 1.46 bits per heavy atom. The van der Waals surface area contributed by atoms with Crippen molar-refractivity contribution >= 4 is 5.78 Å². The molecule has 0 aromatic heterocycles. The predicted molar refractivity (Wildman–Crippen MR) is 50.5 cm³/mol. The Kier molecular flexibility index (Phi) is 1.66. The van der Waals surface area contributed by atoms with E-state index in [2.05, 4.69) is 20.8 Å². The number of rotatable bonds is 2. The summed E-state index contributed by atoms with van der Waals surface area (Å²) in [5.74, 6) is 0.830. The molecule has 0 aromatic rings. The van der Waals surface area contributed by atoms with E-state index in [0.29, 0.717) is 17.8 Å². The Bertz CT molecular complexity index is 257. The lowest BCUT2D eigenvalue weighted by molar-refractivity contribution is -0.119. The topological polar surface area (TPSA) is 29.6 Å². The van der Waals surface area contributed by atoms with Crippen molar-refractivity contribution < 1.29 is 9.53 Å². The summed E-state index contributed by atoms with van der Waals surface area (Å²) in [5.41, 5.74) is 0.296. The van der Waals surface area contributed by atoms with Gasteiger partial charge in [0.25, 0.3) is 0 Å². The number of hydrogen-bond acceptors (Lipinski definition) is 2. The van der Waals surface area contributed by atoms with E-state index in [4.69, 9.17) is 4.74 Å². The molecule has 1 aliphatic heterocycles. The van der Waals surface area contributed by atoms with Gasteiger partial charge in [-0.2, -0.15) is 0 Å². The van der Waals surface area contributed by atoms with Crippen molar-refractivity contribution in [2.45, 2.75) is 52.2 Å². The van der Waals surface area contributed by atoms with Gasteiger partial charge in [0.15, 0.2) is 0 Å². The average molecular weight is 182 g/mol. The molecular formula is C11H18O2. The van der Waals surface area contributed by atoms with Gasteiger partial charge in [-0.3, -0.25) is 0 Å². The summed E-state index contributed by atoms with van der Waals surface area (Å²) in [6, 6.07) is 0. The standard InChI is InChI=1S/C11H18O2/c1-7(12)5-8-6-11(4)9(13-11)10(8,2)3/h8-9H,5-6H2,1-4H3/t8-,9-,11+/m0/s1. The van der Waals surface area contributed by atoms with Crippen LogP contribution in [0.25, 0.3) is 0 Å². The Labute approximate surface area is 79.7 Å². The van der Waals surface area contributed by atoms with Crippen LogP contribution in [0.3, 0.4) is 0 Å². The fraction of sp³-hybridized carbons (Fsp3) is 0.909. The highest BCUT2D eigenvalue weighted by Gasteiger charge is 2.68. The molecule has 0 amide bonds. The minimum absolute atomic E-state index is 0.101. The van der Waals surface area contributed by atoms with Gasteiger partial charge in [0.1, 0.15) is 5.78 Å². The highest BCUT2D eigenvalue weighted by atomic mass is 16.6. The van der Waals surface area contributed by atoms with Crippen LogP contribution in [0.2, 0.25) is 0 Å². The van der Waals surface area contributed by atoms with E-state index in [1.165, 1.54) is 0 Å². The van der Waals surface area contributed by atoms with Crippen LogP contribution in [0.15, 0.2) is 0 Å². The average Bonchev–Trinajstić information content (AvgIpc) is 2.55. The number of hydrogen-bond donors (Lipinski definition) is 0. The van der Waals surface area contributed by atoms with Crippen LogP contribution in [0.5, 0.6) is 0 Å². The minimum atomic E-state index is 0.101. The largest absolute Gasteiger partial charge is 0.366 e. The highest BCUT2D eigenvalue weighted by molar-refractivity contribution is 5.76. The molecule has 2 heteroatoms. The van der Waals surface area contributed by atoms with E-state index in [-0.39, 0.29) is 11.0 Å². The summed E-state index contributed by atoms with van der Waals surface area (Å²) in [7, 11) is 0. The van der Waals surface area contributed by atoms with E-state index in [9.17, 15) is 4.79 Å². The molecule has 0 aromatic carbocycles. The van der Waals surface area contributed by atoms with Crippen LogP contribution in [0.1, 0.15) is 40.5 Å². The third-order valence-electron chi connectivity index (χ3n) is 3.80. The zero-order chi connectivity index (χ0) is 9.85. The van der Waals surface area contributed by atoms with Crippen molar-refractivity contribution in [1.82, 2.24) is 0 Å². The van der Waals surface area contributed by atoms with Gasteiger partial charge in [-0.15, -0.1) is 0 Å². The number of ether oxygens (including phenoxy) is 1. The van der Waals surface area contributed by atoms with Crippen molar-refractivity contribution in [3.05, 3.63) is 0 Å². The summed E-state index contributed by atoms with van der Waals surface area (Å²) in [4.78, 5) is 11.1. The molecule has 13 heavy (non-hydrogen) atoms. The van der Waals surface area contributed by atoms with Gasteiger partial charge in [-0.05, 0) is 31.6 Å². The van der Waals surface area contributed by atoms with Gasteiger partial charge in [0.05, 0.1) is 11.7 Å². The lowest BCUT2D eigenvalue weighted by atomic mass is 9.78. The third-order valence-corrected chi connectivity index (χ3v) is 3.80. The van der Waals surface area contributed by atoms with E-state index in [0.717, 1.165) is 12.8 Å². The lowest BCUT2D eigenvalue weighted by Crippen LogP contribution is -2.26. The van der Waals surface area contributed by atoms with Crippen molar-refractivity contribution in [2.75, 3.05) is 0 Å². The number of carbonyl (C=O) groups excluding carboxylic acids is 1. The molecule has 1 heterocycles. The van der Waals surface area contributed by atoms with Crippen LogP contribution >= 0.6 is 0 Å². The molecule has 2 rings (SSSR count). The first kappa shape index (κ1) is 9.20. The fourth-order valence-corrected chi connectivity index (χ4v) is 2.98. The van der Waals surface area contributed by atoms with Crippen molar-refractivity contribution in [3.63, 3.8) is 0 Å². The summed E-state index contributed by atoms with van der Waals surface area (Å²) >= 11 is 0. The number of epoxide rings is 1. The Morgan fingerprint density at radius 3 is 2.46 bits per heavy atom. The van der Waals surface area contributed by atoms with E-state index >= 15 is 0 Å². The second-order valence-electron chi connectivity index (χ2n) is 5.44. The fourth-order valence-electron chi connectivity index (χ4n) is 2.98. The molecule has 0 N–H and O–H groups in total. The monoisotopic (exact) mass is 182 g/mol. The van der Waals surface area contributed by atoms with Crippen LogP contribution in [0, 0.1) is 11.3 Å². The maximum absolute atomic E-state index is 11.1. The van der Waals surface area contributed by atoms with Gasteiger partial charge >= 0.3 is 0 Å². The maximum Gasteiger partial charge on any atom is 0.130 e. The molecule has 0 bridgehead atoms. The molecule has 74 valence electrons. The summed E-state index contributed by atoms with van der Waals surface area (Å²) in [6.07, 6.45) is 2.18. The molecule has 0 spiro atoms. The molecule has 1 aliphatic carbocycles. The van der Waals surface area contributed by atoms with Gasteiger partial charge < -0.3 is 9.53 Å². The first-order chi connectivity index (χ1) is 5.86. The van der Waals surface area contributed by atoms with E-state index in [1.54, 1.807) is 6.92 Å². The van der Waals surface area contributed by atoms with Crippen molar-refractivity contribution in [1.29, 1.82) is 0 Å². The summed E-state index contributed by atoms with van der Waals surface area (Å²) in [6.45, 7) is 8.30. The molecule has 0 unspecified atom stereocenters. The SMILES string of the molecule is CC(=O)C[C@H]1C[C@@]2(C)O[C@H]2C1(C)C. The van der Waals surface area contributed by atoms with Crippen molar-refractivity contribution in [3.8, 4) is 0 Å². The van der Waals surface area contributed by atoms with Crippen LogP contribution in [-0.4, -0.2) is 17.5 Å². The van der Waals surface area contributed by atoms with Gasteiger partial charge in [-0.1, -0.05) is 13.8 Å². The zero-order valence-electron chi connectivity index (χ0n) is 8.89. The summed E-state index contributed by atoms with van der Waals surface area (Å²) < 4.78 is 5.66. The van der Waals surface area contributed by atoms with Crippen molar-refractivity contribution in [2.24, 2.45) is 11.3 Å². The third kappa shape index (κ3) is 1.23. The first-order valence-electron chi connectivity index (χ1n) is 5.03. The quantitative estimate of drug-likeness (QED) is 0.612. The number of Topliss-reactive ketones (excluding diaryl/α,β-unsaturated/α-hetero) is 1. The smallest absolute Gasteiger partial charge is 0.130 e. The van der Waals surface area contributed by atoms with Gasteiger partial charge in [-0.25, -0.2) is 0 Å². The van der Waals surface area contributed by atoms with Gasteiger partial charge in [0.2, 0.25) is 0 Å². The number of fused-ring (bicyclic) bond motifs is 1. The second kappa shape index (κ2) is 2.35. The normalized spacial score (nSPS) is 45.8. The predicted octanol–water partition coefficient (Wildman–Crippen LogP) is 2.17.